The van der Waals surface area contributed by atoms with Crippen molar-refractivity contribution in [2.24, 2.45) is 5.73 Å². The lowest BCUT2D eigenvalue weighted by Gasteiger charge is -2.32. The Morgan fingerprint density at radius 3 is 2.81 bits per heavy atom. The van der Waals surface area contributed by atoms with E-state index in [-0.39, 0.29) is 17.2 Å². The molecule has 0 spiro atoms. The average molecular weight is 217 g/mol. The van der Waals surface area contributed by atoms with Crippen LogP contribution in [-0.2, 0) is 10.2 Å². The fourth-order valence-electron chi connectivity index (χ4n) is 2.10. The second-order valence-electron chi connectivity index (χ2n) is 4.78. The fourth-order valence-corrected chi connectivity index (χ4v) is 2.10. The summed E-state index contributed by atoms with van der Waals surface area (Å²) in [6.45, 7) is 4.08. The number of carbonyl (C=O) groups is 1. The van der Waals surface area contributed by atoms with Crippen LogP contribution in [0.3, 0.4) is 0 Å². The highest BCUT2D eigenvalue weighted by Gasteiger charge is 2.31. The summed E-state index contributed by atoms with van der Waals surface area (Å²) < 4.78 is 0. The lowest BCUT2D eigenvalue weighted by atomic mass is 9.77. The van der Waals surface area contributed by atoms with Crippen LogP contribution in [0.1, 0.15) is 31.4 Å². The highest BCUT2D eigenvalue weighted by atomic mass is 16.1. The molecule has 0 unspecified atom stereocenters. The van der Waals surface area contributed by atoms with Gasteiger partial charge in [0, 0.05) is 23.1 Å². The number of benzene rings is 1. The molecule has 0 fully saturated rings. The molecular weight excluding hydrogens is 202 g/mol. The summed E-state index contributed by atoms with van der Waals surface area (Å²) in [4.78, 5) is 11.5. The molecule has 84 valence electrons. The van der Waals surface area contributed by atoms with Gasteiger partial charge in [-0.05, 0) is 11.6 Å². The van der Waals surface area contributed by atoms with Gasteiger partial charge in [0.15, 0.2) is 0 Å². The number of hydrogen-bond acceptors (Lipinski definition) is 2. The zero-order valence-corrected chi connectivity index (χ0v) is 9.42. The lowest BCUT2D eigenvalue weighted by molar-refractivity contribution is -0.117. The van der Waals surface area contributed by atoms with E-state index in [1.165, 1.54) is 0 Å². The van der Waals surface area contributed by atoms with Crippen LogP contribution in [0.4, 0.5) is 5.69 Å². The first-order valence-electron chi connectivity index (χ1n) is 5.19. The maximum Gasteiger partial charge on any atom is 0.225 e. The molecule has 4 heteroatoms. The maximum absolute atomic E-state index is 11.5. The molecule has 2 rings (SSSR count). The molecule has 1 aromatic carbocycles. The summed E-state index contributed by atoms with van der Waals surface area (Å²) in [6.07, 6.45) is 0.486. The van der Waals surface area contributed by atoms with E-state index in [2.05, 4.69) is 5.32 Å². The van der Waals surface area contributed by atoms with Gasteiger partial charge in [-0.15, -0.1) is 0 Å². The molecule has 0 saturated carbocycles. The number of nitrogens with one attached hydrogen (secondary N) is 2. The van der Waals surface area contributed by atoms with E-state index in [0.717, 1.165) is 11.3 Å². The molecule has 16 heavy (non-hydrogen) atoms. The Bertz CT molecular complexity index is 477. The number of amides is 1. The zero-order chi connectivity index (χ0) is 11.9. The van der Waals surface area contributed by atoms with Crippen molar-refractivity contribution in [2.45, 2.75) is 25.7 Å². The summed E-state index contributed by atoms with van der Waals surface area (Å²) in [5.41, 5.74) is 7.76. The minimum atomic E-state index is -0.160. The second kappa shape index (κ2) is 3.33. The van der Waals surface area contributed by atoms with Crippen LogP contribution in [0.5, 0.6) is 0 Å². The summed E-state index contributed by atoms with van der Waals surface area (Å²) in [6, 6.07) is 5.52. The summed E-state index contributed by atoms with van der Waals surface area (Å²) in [5, 5.41) is 10.2. The number of carbonyl (C=O) groups excluding carboxylic acids is 1. The number of nitrogens with two attached hydrogens (primary N) is 1. The SMILES string of the molecule is CC1(C)CC(=O)Nc2cc(C(=N)N)ccc21. The smallest absolute Gasteiger partial charge is 0.225 e. The van der Waals surface area contributed by atoms with Crippen molar-refractivity contribution in [2.75, 3.05) is 5.32 Å². The van der Waals surface area contributed by atoms with Gasteiger partial charge in [0.1, 0.15) is 5.84 Å². The number of nitrogen functional groups attached to an aromatic ring is 1. The Labute approximate surface area is 94.4 Å². The van der Waals surface area contributed by atoms with E-state index >= 15 is 0 Å². The number of fused-ring (bicyclic) bond motifs is 1. The molecule has 1 amide bonds. The molecule has 0 atom stereocenters. The summed E-state index contributed by atoms with van der Waals surface area (Å²) in [7, 11) is 0. The van der Waals surface area contributed by atoms with Gasteiger partial charge >= 0.3 is 0 Å². The summed E-state index contributed by atoms with van der Waals surface area (Å²) >= 11 is 0. The van der Waals surface area contributed by atoms with Gasteiger partial charge in [-0.25, -0.2) is 0 Å². The molecule has 0 radical (unpaired) electrons. The van der Waals surface area contributed by atoms with Crippen molar-refractivity contribution in [3.63, 3.8) is 0 Å². The number of amidine groups is 1. The highest BCUT2D eigenvalue weighted by molar-refractivity contribution is 6.00. The third kappa shape index (κ3) is 1.66. The van der Waals surface area contributed by atoms with Crippen LogP contribution >= 0.6 is 0 Å². The van der Waals surface area contributed by atoms with Crippen molar-refractivity contribution in [1.29, 1.82) is 5.41 Å². The Morgan fingerprint density at radius 1 is 1.50 bits per heavy atom. The van der Waals surface area contributed by atoms with Crippen molar-refractivity contribution >= 4 is 17.4 Å². The highest BCUT2D eigenvalue weighted by Crippen LogP contribution is 2.37. The Kier molecular flexibility index (Phi) is 2.22. The number of anilines is 1. The molecule has 1 aliphatic heterocycles. The zero-order valence-electron chi connectivity index (χ0n) is 9.42. The van der Waals surface area contributed by atoms with Crippen molar-refractivity contribution in [1.82, 2.24) is 0 Å². The van der Waals surface area contributed by atoms with E-state index in [9.17, 15) is 4.79 Å². The molecular formula is C12H15N3O. The van der Waals surface area contributed by atoms with Crippen molar-refractivity contribution < 1.29 is 4.79 Å². The molecule has 1 aliphatic rings. The van der Waals surface area contributed by atoms with Gasteiger partial charge in [-0.2, -0.15) is 0 Å². The van der Waals surface area contributed by atoms with Gasteiger partial charge in [-0.1, -0.05) is 26.0 Å². The van der Waals surface area contributed by atoms with Crippen LogP contribution in [-0.4, -0.2) is 11.7 Å². The van der Waals surface area contributed by atoms with Crippen LogP contribution < -0.4 is 11.1 Å². The number of rotatable bonds is 1. The van der Waals surface area contributed by atoms with Crippen molar-refractivity contribution in [3.8, 4) is 0 Å². The summed E-state index contributed by atoms with van der Waals surface area (Å²) in [5.74, 6) is 0.0265. The normalized spacial score (nSPS) is 17.5. The van der Waals surface area contributed by atoms with Crippen LogP contribution in [0.25, 0.3) is 0 Å². The molecule has 4 N–H and O–H groups in total. The van der Waals surface area contributed by atoms with E-state index in [0.29, 0.717) is 12.0 Å². The first-order valence-corrected chi connectivity index (χ1v) is 5.19. The van der Waals surface area contributed by atoms with E-state index in [1.54, 1.807) is 6.07 Å². The van der Waals surface area contributed by atoms with Gasteiger partial charge in [0.25, 0.3) is 0 Å². The van der Waals surface area contributed by atoms with Crippen LogP contribution in [0.2, 0.25) is 0 Å². The van der Waals surface area contributed by atoms with E-state index in [4.69, 9.17) is 11.1 Å². The van der Waals surface area contributed by atoms with Crippen molar-refractivity contribution in [3.05, 3.63) is 29.3 Å². The minimum absolute atomic E-state index is 0.0122. The Balaban J connectivity index is 2.55. The predicted molar refractivity (Wildman–Crippen MR) is 63.7 cm³/mol. The lowest BCUT2D eigenvalue weighted by Crippen LogP contribution is -2.32. The third-order valence-electron chi connectivity index (χ3n) is 2.94. The first-order chi connectivity index (χ1) is 7.40. The van der Waals surface area contributed by atoms with Gasteiger partial charge in [0.2, 0.25) is 5.91 Å². The molecule has 4 nitrogen and oxygen atoms in total. The molecule has 0 aromatic heterocycles. The number of hydrogen-bond donors (Lipinski definition) is 3. The third-order valence-corrected chi connectivity index (χ3v) is 2.94. The predicted octanol–water partition coefficient (Wildman–Crippen LogP) is 1.59. The second-order valence-corrected chi connectivity index (χ2v) is 4.78. The van der Waals surface area contributed by atoms with Gasteiger partial charge in [0.05, 0.1) is 0 Å². The van der Waals surface area contributed by atoms with E-state index < -0.39 is 0 Å². The minimum Gasteiger partial charge on any atom is -0.384 e. The monoisotopic (exact) mass is 217 g/mol. The Morgan fingerprint density at radius 2 is 2.19 bits per heavy atom. The largest absolute Gasteiger partial charge is 0.384 e. The Hall–Kier alpha value is -1.84. The average Bonchev–Trinajstić information content (AvgIpc) is 2.14. The van der Waals surface area contributed by atoms with Gasteiger partial charge < -0.3 is 11.1 Å². The molecule has 1 aromatic rings. The first kappa shape index (κ1) is 10.7. The fraction of sp³-hybridized carbons (Fsp3) is 0.333. The van der Waals surface area contributed by atoms with Crippen LogP contribution in [0.15, 0.2) is 18.2 Å². The van der Waals surface area contributed by atoms with Gasteiger partial charge in [-0.3, -0.25) is 10.2 Å². The van der Waals surface area contributed by atoms with Crippen LogP contribution in [0, 0.1) is 5.41 Å². The molecule has 0 aliphatic carbocycles. The molecule has 1 heterocycles. The topological polar surface area (TPSA) is 79.0 Å². The standard InChI is InChI=1S/C12H15N3O/c1-12(2)6-10(16)15-9-5-7(11(13)14)3-4-8(9)12/h3-5H,6H2,1-2H3,(H3,13,14)(H,15,16). The molecule has 0 bridgehead atoms. The quantitative estimate of drug-likeness (QED) is 0.493. The van der Waals surface area contributed by atoms with E-state index in [1.807, 2.05) is 26.0 Å². The maximum atomic E-state index is 11.5. The molecule has 0 saturated heterocycles.